The number of halogens is 2. The van der Waals surface area contributed by atoms with Gasteiger partial charge in [-0.15, -0.1) is 0 Å². The first-order chi connectivity index (χ1) is 7.22. The molecular formula is C12H11Cl2N. The molecule has 0 fully saturated rings. The van der Waals surface area contributed by atoms with Gasteiger partial charge in [0.25, 0.3) is 0 Å². The average molecular weight is 240 g/mol. The molecule has 2 aromatic rings. The Hall–Kier alpha value is -0.920. The zero-order valence-corrected chi connectivity index (χ0v) is 9.89. The highest BCUT2D eigenvalue weighted by Crippen LogP contribution is 2.24. The molecule has 1 aromatic heterocycles. The van der Waals surface area contributed by atoms with E-state index in [-0.39, 0.29) is 0 Å². The minimum absolute atomic E-state index is 0.775. The third-order valence-electron chi connectivity index (χ3n) is 2.35. The molecule has 0 amide bonds. The van der Waals surface area contributed by atoms with E-state index in [9.17, 15) is 0 Å². The monoisotopic (exact) mass is 239 g/mol. The van der Waals surface area contributed by atoms with E-state index in [4.69, 9.17) is 23.2 Å². The fraction of sp³-hybridized carbons (Fsp3) is 0.167. The number of allylic oxidation sites excluding steroid dienone is 1. The topological polar surface area (TPSA) is 4.93 Å². The number of para-hydroxylation sites is 1. The van der Waals surface area contributed by atoms with E-state index in [0.29, 0.717) is 0 Å². The van der Waals surface area contributed by atoms with Crippen molar-refractivity contribution in [3.8, 4) is 0 Å². The van der Waals surface area contributed by atoms with E-state index in [1.165, 1.54) is 0 Å². The van der Waals surface area contributed by atoms with E-state index in [1.807, 2.05) is 25.3 Å². The molecule has 0 bridgehead atoms. The second-order valence-electron chi connectivity index (χ2n) is 3.58. The standard InChI is InChI=1S/C12H11Cl2N/c1-9(7-13)8-15-6-5-10-3-2-4-11(14)12(10)15/h2-7H,8H2,1H3/b9-7-. The van der Waals surface area contributed by atoms with E-state index >= 15 is 0 Å². The number of nitrogens with zero attached hydrogens (tertiary/aromatic N) is 1. The predicted molar refractivity (Wildman–Crippen MR) is 66.6 cm³/mol. The maximum atomic E-state index is 6.16. The zero-order valence-electron chi connectivity index (χ0n) is 8.37. The molecule has 3 heteroatoms. The van der Waals surface area contributed by atoms with Gasteiger partial charge in [0.2, 0.25) is 0 Å². The summed E-state index contributed by atoms with van der Waals surface area (Å²) >= 11 is 11.8. The lowest BCUT2D eigenvalue weighted by molar-refractivity contribution is 0.821. The van der Waals surface area contributed by atoms with Crippen molar-refractivity contribution in [2.45, 2.75) is 13.5 Å². The normalized spacial score (nSPS) is 12.3. The van der Waals surface area contributed by atoms with Crippen LogP contribution in [0.5, 0.6) is 0 Å². The van der Waals surface area contributed by atoms with Crippen LogP contribution in [0.3, 0.4) is 0 Å². The molecule has 1 aromatic carbocycles. The van der Waals surface area contributed by atoms with Gasteiger partial charge >= 0.3 is 0 Å². The molecule has 0 aliphatic carbocycles. The quantitative estimate of drug-likeness (QED) is 0.731. The molecule has 0 aliphatic rings. The van der Waals surface area contributed by atoms with Gasteiger partial charge in [-0.2, -0.15) is 0 Å². The SMILES string of the molecule is C/C(=C/Cl)Cn1ccc2cccc(Cl)c21. The van der Waals surface area contributed by atoms with Crippen molar-refractivity contribution in [1.82, 2.24) is 4.57 Å². The van der Waals surface area contributed by atoms with Gasteiger partial charge in [-0.25, -0.2) is 0 Å². The van der Waals surface area contributed by atoms with Crippen molar-refractivity contribution >= 4 is 34.1 Å². The van der Waals surface area contributed by atoms with Crippen LogP contribution >= 0.6 is 23.2 Å². The fourth-order valence-electron chi connectivity index (χ4n) is 1.65. The summed E-state index contributed by atoms with van der Waals surface area (Å²) in [7, 11) is 0. The predicted octanol–water partition coefficient (Wildman–Crippen LogP) is 4.44. The van der Waals surface area contributed by atoms with Crippen LogP contribution in [-0.4, -0.2) is 4.57 Å². The lowest BCUT2D eigenvalue weighted by Crippen LogP contribution is -1.96. The van der Waals surface area contributed by atoms with E-state index in [2.05, 4.69) is 16.7 Å². The van der Waals surface area contributed by atoms with Crippen LogP contribution in [0.25, 0.3) is 10.9 Å². The lowest BCUT2D eigenvalue weighted by atomic mass is 10.2. The van der Waals surface area contributed by atoms with Crippen molar-refractivity contribution in [2.75, 3.05) is 0 Å². The maximum Gasteiger partial charge on any atom is 0.0672 e. The fourth-order valence-corrected chi connectivity index (χ4v) is 2.01. The summed E-state index contributed by atoms with van der Waals surface area (Å²) in [6, 6.07) is 7.97. The van der Waals surface area contributed by atoms with Crippen molar-refractivity contribution in [3.63, 3.8) is 0 Å². The largest absolute Gasteiger partial charge is 0.342 e. The minimum atomic E-state index is 0.775. The summed E-state index contributed by atoms with van der Waals surface area (Å²) in [5.41, 5.74) is 3.77. The van der Waals surface area contributed by atoms with Crippen LogP contribution in [0.2, 0.25) is 5.02 Å². The molecule has 0 radical (unpaired) electrons. The molecule has 15 heavy (non-hydrogen) atoms. The first-order valence-electron chi connectivity index (χ1n) is 4.71. The second kappa shape index (κ2) is 4.30. The molecule has 0 N–H and O–H groups in total. The molecule has 78 valence electrons. The molecule has 0 unspecified atom stereocenters. The number of hydrogen-bond donors (Lipinski definition) is 0. The Morgan fingerprint density at radius 3 is 2.93 bits per heavy atom. The Morgan fingerprint density at radius 1 is 1.40 bits per heavy atom. The summed E-state index contributed by atoms with van der Waals surface area (Å²) in [5.74, 6) is 0. The molecule has 0 spiro atoms. The van der Waals surface area contributed by atoms with Crippen LogP contribution in [0.4, 0.5) is 0 Å². The molecule has 1 heterocycles. The molecule has 0 saturated heterocycles. The molecular weight excluding hydrogens is 229 g/mol. The van der Waals surface area contributed by atoms with Crippen LogP contribution in [0.1, 0.15) is 6.92 Å². The van der Waals surface area contributed by atoms with Gasteiger partial charge in [0.15, 0.2) is 0 Å². The van der Waals surface area contributed by atoms with Crippen molar-refractivity contribution in [3.05, 3.63) is 46.6 Å². The Bertz CT molecular complexity index is 511. The second-order valence-corrected chi connectivity index (χ2v) is 4.20. The Kier molecular flexibility index (Phi) is 3.03. The molecule has 1 nitrogen and oxygen atoms in total. The summed E-state index contributed by atoms with van der Waals surface area (Å²) < 4.78 is 2.10. The van der Waals surface area contributed by atoms with Gasteiger partial charge in [0.05, 0.1) is 10.5 Å². The van der Waals surface area contributed by atoms with E-state index in [0.717, 1.165) is 28.0 Å². The highest BCUT2D eigenvalue weighted by atomic mass is 35.5. The summed E-state index contributed by atoms with van der Waals surface area (Å²) in [6.45, 7) is 2.77. The molecule has 0 saturated carbocycles. The number of fused-ring (bicyclic) bond motifs is 1. The molecule has 2 rings (SSSR count). The van der Waals surface area contributed by atoms with Gasteiger partial charge in [-0.1, -0.05) is 35.3 Å². The summed E-state index contributed by atoms with van der Waals surface area (Å²) in [6.07, 6.45) is 2.03. The first-order valence-corrected chi connectivity index (χ1v) is 5.53. The number of hydrogen-bond acceptors (Lipinski definition) is 0. The summed E-state index contributed by atoms with van der Waals surface area (Å²) in [5, 5.41) is 1.93. The minimum Gasteiger partial charge on any atom is -0.342 e. The van der Waals surface area contributed by atoms with Crippen LogP contribution in [0.15, 0.2) is 41.6 Å². The van der Waals surface area contributed by atoms with Crippen molar-refractivity contribution in [2.24, 2.45) is 0 Å². The Labute approximate surface area is 98.9 Å². The van der Waals surface area contributed by atoms with E-state index in [1.54, 1.807) is 5.54 Å². The highest BCUT2D eigenvalue weighted by molar-refractivity contribution is 6.35. The smallest absolute Gasteiger partial charge is 0.0672 e. The Balaban J connectivity index is 2.53. The van der Waals surface area contributed by atoms with Gasteiger partial charge in [0, 0.05) is 23.7 Å². The molecule has 0 aliphatic heterocycles. The van der Waals surface area contributed by atoms with Gasteiger partial charge < -0.3 is 4.57 Å². The highest BCUT2D eigenvalue weighted by Gasteiger charge is 2.04. The molecule has 0 atom stereocenters. The maximum absolute atomic E-state index is 6.16. The number of rotatable bonds is 2. The Morgan fingerprint density at radius 2 is 2.20 bits per heavy atom. The van der Waals surface area contributed by atoms with Gasteiger partial charge in [-0.3, -0.25) is 0 Å². The van der Waals surface area contributed by atoms with E-state index < -0.39 is 0 Å². The van der Waals surface area contributed by atoms with Crippen LogP contribution in [-0.2, 0) is 6.54 Å². The number of aromatic nitrogens is 1. The van der Waals surface area contributed by atoms with Crippen LogP contribution < -0.4 is 0 Å². The first kappa shape index (κ1) is 10.6. The number of benzene rings is 1. The zero-order chi connectivity index (χ0) is 10.8. The van der Waals surface area contributed by atoms with Gasteiger partial charge in [0.1, 0.15) is 0 Å². The van der Waals surface area contributed by atoms with Crippen LogP contribution in [0, 0.1) is 0 Å². The van der Waals surface area contributed by atoms with Gasteiger partial charge in [-0.05, 0) is 24.6 Å². The lowest BCUT2D eigenvalue weighted by Gasteiger charge is -2.06. The van der Waals surface area contributed by atoms with Crippen molar-refractivity contribution < 1.29 is 0 Å². The third-order valence-corrected chi connectivity index (χ3v) is 3.02. The third kappa shape index (κ3) is 2.04. The summed E-state index contributed by atoms with van der Waals surface area (Å²) in [4.78, 5) is 0. The average Bonchev–Trinajstić information content (AvgIpc) is 2.63. The van der Waals surface area contributed by atoms with Crippen molar-refractivity contribution in [1.29, 1.82) is 0 Å².